The summed E-state index contributed by atoms with van der Waals surface area (Å²) in [5.41, 5.74) is 4.22. The molecule has 128 valence electrons. The lowest BCUT2D eigenvalue weighted by Crippen LogP contribution is -2.42. The Bertz CT molecular complexity index is 637. The van der Waals surface area contributed by atoms with Crippen LogP contribution in [0.25, 0.3) is 0 Å². The number of anilines is 1. The lowest BCUT2D eigenvalue weighted by atomic mass is 10.1. The molecule has 1 aliphatic rings. The summed E-state index contributed by atoms with van der Waals surface area (Å²) in [6.07, 6.45) is -6.03. The number of halogens is 2. The molecule has 0 amide bonds. The Morgan fingerprint density at radius 1 is 1.57 bits per heavy atom. The minimum absolute atomic E-state index is 0.0399. The van der Waals surface area contributed by atoms with E-state index in [-0.39, 0.29) is 12.4 Å². The van der Waals surface area contributed by atoms with Crippen molar-refractivity contribution in [3.63, 3.8) is 0 Å². The molecule has 0 aliphatic carbocycles. The zero-order valence-corrected chi connectivity index (χ0v) is 12.0. The van der Waals surface area contributed by atoms with Crippen molar-refractivity contribution in [3.8, 4) is 0 Å². The number of aliphatic hydroxyl groups is 1. The van der Waals surface area contributed by atoms with Gasteiger partial charge in [-0.25, -0.2) is 9.59 Å². The summed E-state index contributed by atoms with van der Waals surface area (Å²) >= 11 is 0. The highest BCUT2D eigenvalue weighted by molar-refractivity contribution is 5.59. The summed E-state index contributed by atoms with van der Waals surface area (Å²) in [5.74, 6) is -3.94. The van der Waals surface area contributed by atoms with E-state index in [1.165, 1.54) is 6.92 Å². The lowest BCUT2D eigenvalue weighted by molar-refractivity contribution is -0.141. The molecule has 0 bridgehead atoms. The molecule has 0 saturated carbocycles. The number of nitrogens with two attached hydrogens (primary N) is 1. The van der Waals surface area contributed by atoms with Gasteiger partial charge in [0.15, 0.2) is 6.10 Å². The number of hydrogen-bond acceptors (Lipinski definition) is 8. The standard InChI is InChI=1S/C12H15F2N3O6/c1-2-21-11(20)22-5-6-8(18)12(13,14)9(23-6)17-4-3-7(15)16-10(17)19/h3-4,6,8-9,18H,2,5H2,1H3,(H2,15,16,19)/t6-,8+,9-/m1/s1. The maximum absolute atomic E-state index is 14.1. The first kappa shape index (κ1) is 17.1. The highest BCUT2D eigenvalue weighted by Crippen LogP contribution is 2.42. The third-order valence-corrected chi connectivity index (χ3v) is 3.11. The Morgan fingerprint density at radius 2 is 2.26 bits per heavy atom. The van der Waals surface area contributed by atoms with E-state index >= 15 is 0 Å². The number of carbonyl (C=O) groups is 1. The molecule has 0 radical (unpaired) electrons. The quantitative estimate of drug-likeness (QED) is 0.730. The first-order chi connectivity index (χ1) is 10.8. The van der Waals surface area contributed by atoms with E-state index in [9.17, 15) is 23.5 Å². The van der Waals surface area contributed by atoms with Crippen molar-refractivity contribution in [2.45, 2.75) is 31.3 Å². The van der Waals surface area contributed by atoms with Crippen molar-refractivity contribution in [1.29, 1.82) is 0 Å². The van der Waals surface area contributed by atoms with Crippen molar-refractivity contribution >= 4 is 12.0 Å². The van der Waals surface area contributed by atoms with Crippen LogP contribution in [0, 0.1) is 0 Å². The van der Waals surface area contributed by atoms with Gasteiger partial charge in [0.1, 0.15) is 18.5 Å². The van der Waals surface area contributed by atoms with E-state index in [4.69, 9.17) is 10.5 Å². The molecule has 2 rings (SSSR count). The van der Waals surface area contributed by atoms with Crippen LogP contribution in [0.1, 0.15) is 13.2 Å². The molecule has 23 heavy (non-hydrogen) atoms. The third-order valence-electron chi connectivity index (χ3n) is 3.11. The Kier molecular flexibility index (Phi) is 4.80. The Hall–Kier alpha value is -2.27. The van der Waals surface area contributed by atoms with Gasteiger partial charge in [0.2, 0.25) is 6.23 Å². The van der Waals surface area contributed by atoms with Crippen LogP contribution in [-0.4, -0.2) is 52.2 Å². The number of aliphatic hydroxyl groups excluding tert-OH is 1. The number of ether oxygens (including phenoxy) is 3. The van der Waals surface area contributed by atoms with E-state index in [1.54, 1.807) is 0 Å². The molecule has 3 N–H and O–H groups in total. The van der Waals surface area contributed by atoms with E-state index in [2.05, 4.69) is 14.5 Å². The number of nitrogen functional groups attached to an aromatic ring is 1. The van der Waals surface area contributed by atoms with Crippen LogP contribution in [0.3, 0.4) is 0 Å². The summed E-state index contributed by atoms with van der Waals surface area (Å²) in [6, 6.07) is 1.13. The Balaban J connectivity index is 2.16. The van der Waals surface area contributed by atoms with Crippen LogP contribution < -0.4 is 11.4 Å². The van der Waals surface area contributed by atoms with E-state index in [0.29, 0.717) is 4.57 Å². The molecule has 0 spiro atoms. The van der Waals surface area contributed by atoms with E-state index in [1.807, 2.05) is 0 Å². The van der Waals surface area contributed by atoms with Crippen LogP contribution in [0.2, 0.25) is 0 Å². The second-order valence-electron chi connectivity index (χ2n) is 4.68. The highest BCUT2D eigenvalue weighted by Gasteiger charge is 2.60. The molecule has 0 aromatic carbocycles. The lowest BCUT2D eigenvalue weighted by Gasteiger charge is -2.20. The highest BCUT2D eigenvalue weighted by atomic mass is 19.3. The zero-order chi connectivity index (χ0) is 17.2. The minimum atomic E-state index is -3.80. The predicted octanol–water partition coefficient (Wildman–Crippen LogP) is -0.108. The first-order valence-corrected chi connectivity index (χ1v) is 6.63. The van der Waals surface area contributed by atoms with Crippen LogP contribution in [-0.2, 0) is 14.2 Å². The summed E-state index contributed by atoms with van der Waals surface area (Å²) in [7, 11) is 0. The summed E-state index contributed by atoms with van der Waals surface area (Å²) in [6.45, 7) is 0.911. The normalized spacial score (nSPS) is 26.0. The molecule has 11 heteroatoms. The topological polar surface area (TPSA) is 126 Å². The average Bonchev–Trinajstić information content (AvgIpc) is 2.69. The predicted molar refractivity (Wildman–Crippen MR) is 70.7 cm³/mol. The molecule has 1 aliphatic heterocycles. The molecule has 9 nitrogen and oxygen atoms in total. The van der Waals surface area contributed by atoms with Gasteiger partial charge in [0.25, 0.3) is 0 Å². The number of rotatable bonds is 4. The van der Waals surface area contributed by atoms with Crippen molar-refractivity contribution in [3.05, 3.63) is 22.7 Å². The first-order valence-electron chi connectivity index (χ1n) is 6.63. The smallest absolute Gasteiger partial charge is 0.435 e. The molecule has 2 heterocycles. The summed E-state index contributed by atoms with van der Waals surface area (Å²) < 4.78 is 42.8. The van der Waals surface area contributed by atoms with Crippen LogP contribution in [0.4, 0.5) is 19.4 Å². The molecule has 1 fully saturated rings. The molecular formula is C12H15F2N3O6. The fourth-order valence-corrected chi connectivity index (χ4v) is 2.02. The summed E-state index contributed by atoms with van der Waals surface area (Å²) in [4.78, 5) is 26.0. The second-order valence-corrected chi connectivity index (χ2v) is 4.68. The second kappa shape index (κ2) is 6.46. The molecular weight excluding hydrogens is 320 g/mol. The number of aromatic nitrogens is 2. The van der Waals surface area contributed by atoms with Gasteiger partial charge in [-0.05, 0) is 13.0 Å². The summed E-state index contributed by atoms with van der Waals surface area (Å²) in [5, 5.41) is 9.67. The van der Waals surface area contributed by atoms with Gasteiger partial charge in [-0.2, -0.15) is 13.8 Å². The maximum Gasteiger partial charge on any atom is 0.508 e. The van der Waals surface area contributed by atoms with E-state index in [0.717, 1.165) is 12.3 Å². The molecule has 1 saturated heterocycles. The van der Waals surface area contributed by atoms with Gasteiger partial charge in [0, 0.05) is 6.20 Å². The Labute approximate surface area is 128 Å². The molecule has 0 unspecified atom stereocenters. The van der Waals surface area contributed by atoms with Crippen LogP contribution in [0.5, 0.6) is 0 Å². The largest absolute Gasteiger partial charge is 0.508 e. The molecule has 1 aromatic heterocycles. The number of alkyl halides is 2. The van der Waals surface area contributed by atoms with Gasteiger partial charge in [0.05, 0.1) is 6.61 Å². The van der Waals surface area contributed by atoms with Crippen molar-refractivity contribution < 1.29 is 32.9 Å². The van der Waals surface area contributed by atoms with Gasteiger partial charge >= 0.3 is 17.8 Å². The van der Waals surface area contributed by atoms with Gasteiger partial charge in [-0.15, -0.1) is 0 Å². The van der Waals surface area contributed by atoms with E-state index < -0.39 is 42.8 Å². The number of carbonyl (C=O) groups excluding carboxylic acids is 1. The third kappa shape index (κ3) is 3.40. The maximum atomic E-state index is 14.1. The molecule has 3 atom stereocenters. The zero-order valence-electron chi connectivity index (χ0n) is 12.0. The molecule has 1 aromatic rings. The SMILES string of the molecule is CCOC(=O)OC[C@H]1O[C@@H](n2ccc(N)nc2=O)C(F)(F)[C@H]1O. The van der Waals surface area contributed by atoms with Gasteiger partial charge in [-0.3, -0.25) is 4.57 Å². The van der Waals surface area contributed by atoms with Gasteiger partial charge < -0.3 is 25.1 Å². The van der Waals surface area contributed by atoms with Crippen LogP contribution >= 0.6 is 0 Å². The fourth-order valence-electron chi connectivity index (χ4n) is 2.02. The number of hydrogen-bond donors (Lipinski definition) is 2. The average molecular weight is 335 g/mol. The van der Waals surface area contributed by atoms with Crippen LogP contribution in [0.15, 0.2) is 17.1 Å². The minimum Gasteiger partial charge on any atom is -0.435 e. The Morgan fingerprint density at radius 3 is 2.87 bits per heavy atom. The number of nitrogens with zero attached hydrogens (tertiary/aromatic N) is 2. The van der Waals surface area contributed by atoms with Crippen molar-refractivity contribution in [2.24, 2.45) is 0 Å². The fraction of sp³-hybridized carbons (Fsp3) is 0.583. The van der Waals surface area contributed by atoms with Crippen molar-refractivity contribution in [1.82, 2.24) is 9.55 Å². The monoisotopic (exact) mass is 335 g/mol. The van der Waals surface area contributed by atoms with Crippen molar-refractivity contribution in [2.75, 3.05) is 18.9 Å². The van der Waals surface area contributed by atoms with Gasteiger partial charge in [-0.1, -0.05) is 0 Å².